The number of nitrogens with one attached hydrogen (secondary N) is 2. The number of anilines is 1. The lowest BCUT2D eigenvalue weighted by Gasteiger charge is -2.46. The van der Waals surface area contributed by atoms with E-state index in [0.717, 1.165) is 11.6 Å². The normalized spacial score (nSPS) is 20.6. The number of halogens is 3. The number of amides is 2. The van der Waals surface area contributed by atoms with Gasteiger partial charge in [0, 0.05) is 18.5 Å². The van der Waals surface area contributed by atoms with Gasteiger partial charge in [0.2, 0.25) is 5.91 Å². The maximum atomic E-state index is 13.8. The van der Waals surface area contributed by atoms with Crippen molar-refractivity contribution in [2.75, 3.05) is 11.9 Å². The number of alkyl halides is 2. The van der Waals surface area contributed by atoms with E-state index >= 15 is 0 Å². The summed E-state index contributed by atoms with van der Waals surface area (Å²) in [6, 6.07) is 3.35. The highest BCUT2D eigenvalue weighted by atomic mass is 127. The molecule has 0 spiro atoms. The largest absolute Gasteiger partial charge is 0.493 e. The molecular formula is C20H23F2IN2O3. The molecular weight excluding hydrogens is 481 g/mol. The number of hydrogen-bond acceptors (Lipinski definition) is 3. The Morgan fingerprint density at radius 3 is 2.68 bits per heavy atom. The summed E-state index contributed by atoms with van der Waals surface area (Å²) in [5.74, 6) is -0.877. The molecule has 3 atom stereocenters. The number of carbonyl (C=O) groups is 2. The SMILES string of the molecule is C=CC1(C(C)NC(=O)c2ccc(F)c(NC(C)=O)c2)CC(C)=C1OCC(F)I. The number of rotatable bonds is 8. The number of ether oxygens (including phenoxy) is 1. The number of benzene rings is 1. The van der Waals surface area contributed by atoms with Crippen LogP contribution in [0.2, 0.25) is 0 Å². The Balaban J connectivity index is 2.17. The zero-order chi connectivity index (χ0) is 21.1. The Kier molecular flexibility index (Phi) is 7.19. The van der Waals surface area contributed by atoms with Crippen molar-refractivity contribution in [3.05, 3.63) is 53.6 Å². The van der Waals surface area contributed by atoms with Crippen LogP contribution >= 0.6 is 22.6 Å². The minimum absolute atomic E-state index is 0.0642. The van der Waals surface area contributed by atoms with Gasteiger partial charge in [-0.05, 0) is 66.6 Å². The molecule has 28 heavy (non-hydrogen) atoms. The van der Waals surface area contributed by atoms with Crippen LogP contribution in [0.5, 0.6) is 0 Å². The van der Waals surface area contributed by atoms with E-state index in [1.165, 1.54) is 19.1 Å². The monoisotopic (exact) mass is 504 g/mol. The minimum atomic E-state index is -1.14. The van der Waals surface area contributed by atoms with Crippen molar-refractivity contribution < 1.29 is 23.1 Å². The first-order chi connectivity index (χ1) is 13.1. The summed E-state index contributed by atoms with van der Waals surface area (Å²) in [5.41, 5.74) is 0.486. The van der Waals surface area contributed by atoms with Gasteiger partial charge >= 0.3 is 0 Å². The summed E-state index contributed by atoms with van der Waals surface area (Å²) >= 11 is 1.64. The third-order valence-electron chi connectivity index (χ3n) is 4.75. The number of hydrogen-bond donors (Lipinski definition) is 2. The lowest BCUT2D eigenvalue weighted by atomic mass is 9.65. The third-order valence-corrected chi connectivity index (χ3v) is 5.11. The van der Waals surface area contributed by atoms with E-state index in [2.05, 4.69) is 17.2 Å². The summed E-state index contributed by atoms with van der Waals surface area (Å²) in [6.07, 6.45) is 2.33. The van der Waals surface area contributed by atoms with Gasteiger partial charge in [0.05, 0.1) is 11.1 Å². The minimum Gasteiger partial charge on any atom is -0.493 e. The molecule has 0 bridgehead atoms. The second-order valence-electron chi connectivity index (χ2n) is 6.80. The second-order valence-corrected chi connectivity index (χ2v) is 8.16. The fourth-order valence-electron chi connectivity index (χ4n) is 3.35. The van der Waals surface area contributed by atoms with Gasteiger partial charge in [0.15, 0.2) is 4.18 Å². The molecule has 1 aromatic carbocycles. The highest BCUT2D eigenvalue weighted by Gasteiger charge is 2.48. The van der Waals surface area contributed by atoms with E-state index in [9.17, 15) is 18.4 Å². The molecule has 152 valence electrons. The van der Waals surface area contributed by atoms with E-state index < -0.39 is 33.3 Å². The van der Waals surface area contributed by atoms with Crippen LogP contribution in [0, 0.1) is 11.2 Å². The predicted molar refractivity (Wildman–Crippen MR) is 112 cm³/mol. The van der Waals surface area contributed by atoms with Crippen molar-refractivity contribution in [2.45, 2.75) is 37.4 Å². The summed E-state index contributed by atoms with van der Waals surface area (Å²) in [6.45, 7) is 8.75. The summed E-state index contributed by atoms with van der Waals surface area (Å²) in [4.78, 5) is 23.8. The fraction of sp³-hybridized carbons (Fsp3) is 0.400. The van der Waals surface area contributed by atoms with E-state index in [-0.39, 0.29) is 17.9 Å². The van der Waals surface area contributed by atoms with E-state index in [1.54, 1.807) is 28.7 Å². The van der Waals surface area contributed by atoms with Crippen molar-refractivity contribution in [3.8, 4) is 0 Å². The summed E-state index contributed by atoms with van der Waals surface area (Å²) < 4.78 is 31.5. The van der Waals surface area contributed by atoms with Gasteiger partial charge in [-0.15, -0.1) is 6.58 Å². The van der Waals surface area contributed by atoms with Gasteiger partial charge < -0.3 is 15.4 Å². The van der Waals surface area contributed by atoms with Crippen molar-refractivity contribution in [1.29, 1.82) is 0 Å². The Hall–Kier alpha value is -1.97. The van der Waals surface area contributed by atoms with Crippen LogP contribution in [-0.4, -0.2) is 28.6 Å². The molecule has 8 heteroatoms. The van der Waals surface area contributed by atoms with Gasteiger partial charge in [0.25, 0.3) is 5.91 Å². The highest BCUT2D eigenvalue weighted by molar-refractivity contribution is 14.1. The van der Waals surface area contributed by atoms with E-state index in [1.807, 2.05) is 13.8 Å². The maximum absolute atomic E-state index is 13.8. The summed E-state index contributed by atoms with van der Waals surface area (Å²) in [5, 5.41) is 5.22. The first-order valence-electron chi connectivity index (χ1n) is 8.73. The lowest BCUT2D eigenvalue weighted by Crippen LogP contribution is -2.50. The third kappa shape index (κ3) is 4.71. The molecule has 3 unspecified atom stereocenters. The van der Waals surface area contributed by atoms with Crippen molar-refractivity contribution in [1.82, 2.24) is 5.32 Å². The van der Waals surface area contributed by atoms with Crippen LogP contribution in [0.3, 0.4) is 0 Å². The first-order valence-corrected chi connectivity index (χ1v) is 9.98. The fourth-order valence-corrected chi connectivity index (χ4v) is 3.53. The molecule has 2 rings (SSSR count). The number of allylic oxidation sites excluding steroid dienone is 1. The Morgan fingerprint density at radius 1 is 1.46 bits per heavy atom. The zero-order valence-electron chi connectivity index (χ0n) is 15.9. The molecule has 1 aliphatic rings. The average Bonchev–Trinajstić information content (AvgIpc) is 2.60. The molecule has 0 saturated heterocycles. The molecule has 0 fully saturated rings. The Morgan fingerprint density at radius 2 is 2.14 bits per heavy atom. The molecule has 2 amide bonds. The second kappa shape index (κ2) is 9.02. The van der Waals surface area contributed by atoms with E-state index in [0.29, 0.717) is 12.2 Å². The Labute approximate surface area is 176 Å². The predicted octanol–water partition coefficient (Wildman–Crippen LogP) is 4.50. The van der Waals surface area contributed by atoms with Crippen molar-refractivity contribution in [2.24, 2.45) is 5.41 Å². The maximum Gasteiger partial charge on any atom is 0.251 e. The molecule has 0 aromatic heterocycles. The van der Waals surface area contributed by atoms with Gasteiger partial charge in [-0.25, -0.2) is 8.78 Å². The number of carbonyl (C=O) groups excluding carboxylic acids is 2. The molecule has 1 aliphatic carbocycles. The molecule has 0 saturated carbocycles. The zero-order valence-corrected chi connectivity index (χ0v) is 18.1. The van der Waals surface area contributed by atoms with Crippen LogP contribution < -0.4 is 10.6 Å². The smallest absolute Gasteiger partial charge is 0.251 e. The molecule has 0 heterocycles. The first kappa shape index (κ1) is 22.3. The van der Waals surface area contributed by atoms with E-state index in [4.69, 9.17) is 4.74 Å². The van der Waals surface area contributed by atoms with Gasteiger partial charge in [0.1, 0.15) is 18.2 Å². The average molecular weight is 504 g/mol. The van der Waals surface area contributed by atoms with Crippen LogP contribution in [0.25, 0.3) is 0 Å². The summed E-state index contributed by atoms with van der Waals surface area (Å²) in [7, 11) is 0. The molecule has 5 nitrogen and oxygen atoms in total. The molecule has 2 N–H and O–H groups in total. The Bertz CT molecular complexity index is 826. The van der Waals surface area contributed by atoms with Crippen LogP contribution in [0.15, 0.2) is 42.2 Å². The van der Waals surface area contributed by atoms with Gasteiger partial charge in [-0.3, -0.25) is 9.59 Å². The topological polar surface area (TPSA) is 67.4 Å². The van der Waals surface area contributed by atoms with Crippen molar-refractivity contribution in [3.63, 3.8) is 0 Å². The molecule has 0 aliphatic heterocycles. The van der Waals surface area contributed by atoms with Crippen molar-refractivity contribution >= 4 is 40.1 Å². The van der Waals surface area contributed by atoms with Crippen LogP contribution in [0.4, 0.5) is 14.5 Å². The highest BCUT2D eigenvalue weighted by Crippen LogP contribution is 2.50. The standard InChI is InChI=1S/C20H23F2IN2O3/c1-5-20(9-11(2)18(20)28-10-17(22)23)12(3)24-19(27)14-6-7-15(21)16(8-14)25-13(4)26/h5-8,12,17H,1,9-10H2,2-4H3,(H,24,27)(H,25,26). The lowest BCUT2D eigenvalue weighted by molar-refractivity contribution is -0.114. The van der Waals surface area contributed by atoms with Crippen LogP contribution in [-0.2, 0) is 9.53 Å². The quantitative estimate of drug-likeness (QED) is 0.311. The molecule has 1 aromatic rings. The van der Waals surface area contributed by atoms with Crippen LogP contribution in [0.1, 0.15) is 37.6 Å². The van der Waals surface area contributed by atoms with Gasteiger partial charge in [-0.1, -0.05) is 6.08 Å². The van der Waals surface area contributed by atoms with Gasteiger partial charge in [-0.2, -0.15) is 0 Å². The molecule has 0 radical (unpaired) electrons.